The third-order valence-electron chi connectivity index (χ3n) is 3.25. The summed E-state index contributed by atoms with van der Waals surface area (Å²) in [6.07, 6.45) is 10.2. The minimum absolute atomic E-state index is 0. The van der Waals surface area contributed by atoms with Gasteiger partial charge in [-0.25, -0.2) is 17.2 Å². The molecule has 0 aromatic carbocycles. The third kappa shape index (κ3) is 7.43. The van der Waals surface area contributed by atoms with Gasteiger partial charge in [0.2, 0.25) is 0 Å². The molecule has 0 N–H and O–H groups in total. The molecule has 0 aliphatic heterocycles. The Hall–Kier alpha value is 0.0743. The zero-order chi connectivity index (χ0) is 14.6. The summed E-state index contributed by atoms with van der Waals surface area (Å²) in [6, 6.07) is 0. The van der Waals surface area contributed by atoms with Crippen molar-refractivity contribution in [1.82, 2.24) is 0 Å². The minimum Gasteiger partial charge on any atom is -0.857 e. The fraction of sp³-hybridized carbons (Fsp3) is 0.733. The first-order chi connectivity index (χ1) is 8.83. The molecule has 1 atom stereocenters. The first-order valence-electron chi connectivity index (χ1n) is 6.40. The van der Waals surface area contributed by atoms with E-state index in [1.165, 1.54) is 32.1 Å². The van der Waals surface area contributed by atoms with Crippen molar-refractivity contribution < 1.29 is 37.0 Å². The zero-order valence-electron chi connectivity index (χ0n) is 12.8. The van der Waals surface area contributed by atoms with Crippen molar-refractivity contribution in [3.8, 4) is 0 Å². The van der Waals surface area contributed by atoms with Gasteiger partial charge >= 0.3 is 21.7 Å². The van der Waals surface area contributed by atoms with E-state index in [-0.39, 0.29) is 21.7 Å². The molecule has 3 nitrogen and oxygen atoms in total. The largest absolute Gasteiger partial charge is 4.00 e. The zero-order valence-corrected chi connectivity index (χ0v) is 14.4. The summed E-state index contributed by atoms with van der Waals surface area (Å²) in [5.74, 6) is 0.727. The van der Waals surface area contributed by atoms with Gasteiger partial charge in [-0.15, -0.1) is 0 Å². The van der Waals surface area contributed by atoms with Crippen LogP contribution in [-0.2, 0) is 21.7 Å². The average molecular weight is 302 g/mol. The van der Waals surface area contributed by atoms with Crippen LogP contribution in [0, 0.1) is 12.0 Å². The van der Waals surface area contributed by atoms with Gasteiger partial charge in [0.1, 0.15) is 0 Å². The number of hydrogen-bond donors (Lipinski definition) is 0. The van der Waals surface area contributed by atoms with Crippen LogP contribution in [-0.4, -0.2) is 21.3 Å². The summed E-state index contributed by atoms with van der Waals surface area (Å²) in [4.78, 5) is 0. The van der Waals surface area contributed by atoms with Crippen LogP contribution in [0.15, 0.2) is 16.7 Å². The van der Waals surface area contributed by atoms with E-state index < -0.39 is 0 Å². The molecule has 2 aliphatic carbocycles. The molecule has 0 spiro atoms. The van der Waals surface area contributed by atoms with Gasteiger partial charge in [0, 0.05) is 0 Å². The van der Waals surface area contributed by atoms with Crippen molar-refractivity contribution in [2.45, 2.75) is 46.0 Å². The maximum atomic E-state index is 8.25. The molecular weight excluding hydrogens is 276 g/mol. The SMILES string of the molecule is CCC1=[C-]C2=C(CCCC2)C1C.C[O-].C[O-].C[O-].[Ti+4]. The molecule has 108 valence electrons. The van der Waals surface area contributed by atoms with Crippen LogP contribution in [0.1, 0.15) is 46.0 Å². The van der Waals surface area contributed by atoms with Crippen molar-refractivity contribution in [3.63, 3.8) is 0 Å². The molecule has 0 aromatic rings. The van der Waals surface area contributed by atoms with Gasteiger partial charge in [-0.2, -0.15) is 26.9 Å². The summed E-state index contributed by atoms with van der Waals surface area (Å²) in [7, 11) is 2.25. The standard InChI is InChI=1S/C12H17.3CH3O.Ti/c1-3-10-8-11-6-4-5-7-12(11)9(10)2;3*1-2;/h9H,3-7H2,1-2H3;3*1H3;/q4*-1;+4. The Morgan fingerprint density at radius 1 is 1.00 bits per heavy atom. The fourth-order valence-corrected chi connectivity index (χ4v) is 2.46. The third-order valence-corrected chi connectivity index (χ3v) is 3.25. The molecular formula is C15H26O3Ti. The summed E-state index contributed by atoms with van der Waals surface area (Å²) in [5, 5.41) is 24.8. The second-order valence-electron chi connectivity index (χ2n) is 3.94. The van der Waals surface area contributed by atoms with E-state index in [2.05, 4.69) is 19.9 Å². The monoisotopic (exact) mass is 302 g/mol. The van der Waals surface area contributed by atoms with Gasteiger partial charge in [-0.3, -0.25) is 0 Å². The smallest absolute Gasteiger partial charge is 0.857 e. The maximum absolute atomic E-state index is 8.25. The minimum atomic E-state index is 0. The predicted octanol–water partition coefficient (Wildman–Crippen LogP) is 0.573. The second-order valence-corrected chi connectivity index (χ2v) is 3.94. The Morgan fingerprint density at radius 2 is 1.47 bits per heavy atom. The van der Waals surface area contributed by atoms with E-state index in [4.69, 9.17) is 15.3 Å². The molecule has 0 amide bonds. The Morgan fingerprint density at radius 3 is 1.89 bits per heavy atom. The summed E-state index contributed by atoms with van der Waals surface area (Å²) in [5.41, 5.74) is 4.81. The summed E-state index contributed by atoms with van der Waals surface area (Å²) >= 11 is 0. The van der Waals surface area contributed by atoms with E-state index in [0.717, 1.165) is 27.2 Å². The van der Waals surface area contributed by atoms with Crippen molar-refractivity contribution in [2.75, 3.05) is 21.3 Å². The van der Waals surface area contributed by atoms with Gasteiger partial charge in [0.25, 0.3) is 0 Å². The van der Waals surface area contributed by atoms with Crippen LogP contribution >= 0.6 is 0 Å². The van der Waals surface area contributed by atoms with Crippen LogP contribution in [0.4, 0.5) is 0 Å². The summed E-state index contributed by atoms with van der Waals surface area (Å²) < 4.78 is 0. The predicted molar refractivity (Wildman–Crippen MR) is 69.5 cm³/mol. The molecule has 0 bridgehead atoms. The number of allylic oxidation sites excluding steroid dienone is 4. The van der Waals surface area contributed by atoms with E-state index in [0.29, 0.717) is 0 Å². The maximum Gasteiger partial charge on any atom is 4.00 e. The second kappa shape index (κ2) is 16.1. The van der Waals surface area contributed by atoms with Crippen molar-refractivity contribution in [1.29, 1.82) is 0 Å². The molecule has 19 heavy (non-hydrogen) atoms. The molecule has 2 rings (SSSR count). The van der Waals surface area contributed by atoms with Crippen LogP contribution in [0.5, 0.6) is 0 Å². The van der Waals surface area contributed by atoms with E-state index in [1.807, 2.05) is 0 Å². The molecule has 0 aromatic heterocycles. The first-order valence-corrected chi connectivity index (χ1v) is 6.40. The molecule has 0 saturated heterocycles. The summed E-state index contributed by atoms with van der Waals surface area (Å²) in [6.45, 7) is 4.59. The van der Waals surface area contributed by atoms with Crippen LogP contribution in [0.25, 0.3) is 0 Å². The Labute approximate surface area is 133 Å². The quantitative estimate of drug-likeness (QED) is 0.525. The van der Waals surface area contributed by atoms with E-state index in [1.54, 1.807) is 16.7 Å². The van der Waals surface area contributed by atoms with Gasteiger partial charge in [0.15, 0.2) is 0 Å². The van der Waals surface area contributed by atoms with E-state index >= 15 is 0 Å². The Bertz CT molecular complexity index is 260. The topological polar surface area (TPSA) is 69.2 Å². The normalized spacial score (nSPS) is 19.2. The number of hydrogen-bond acceptors (Lipinski definition) is 3. The first kappa shape index (κ1) is 24.1. The average Bonchev–Trinajstić information content (AvgIpc) is 2.82. The van der Waals surface area contributed by atoms with Crippen molar-refractivity contribution >= 4 is 0 Å². The molecule has 0 radical (unpaired) electrons. The van der Waals surface area contributed by atoms with Crippen molar-refractivity contribution in [3.05, 3.63) is 22.8 Å². The number of rotatable bonds is 1. The van der Waals surface area contributed by atoms with Gasteiger partial charge in [0.05, 0.1) is 0 Å². The van der Waals surface area contributed by atoms with Crippen molar-refractivity contribution in [2.24, 2.45) is 5.92 Å². The Balaban J connectivity index is -0.000000325. The van der Waals surface area contributed by atoms with Gasteiger partial charge in [-0.05, 0) is 0 Å². The molecule has 0 heterocycles. The van der Waals surface area contributed by atoms with Crippen LogP contribution < -0.4 is 15.3 Å². The molecule has 1 unspecified atom stereocenters. The van der Waals surface area contributed by atoms with Crippen LogP contribution in [0.3, 0.4) is 0 Å². The fourth-order valence-electron chi connectivity index (χ4n) is 2.46. The molecule has 0 saturated carbocycles. The van der Waals surface area contributed by atoms with E-state index in [9.17, 15) is 0 Å². The Kier molecular flexibility index (Phi) is 20.5. The van der Waals surface area contributed by atoms with Crippen LogP contribution in [0.2, 0.25) is 0 Å². The van der Waals surface area contributed by atoms with Gasteiger partial charge in [-0.1, -0.05) is 51.9 Å². The molecule has 2 aliphatic rings. The van der Waals surface area contributed by atoms with Gasteiger partial charge < -0.3 is 15.3 Å². The molecule has 0 fully saturated rings. The molecule has 4 heteroatoms.